The van der Waals surface area contributed by atoms with Crippen LogP contribution in [0.15, 0.2) is 60.9 Å². The van der Waals surface area contributed by atoms with Gasteiger partial charge in [0.05, 0.1) is 7.11 Å². The summed E-state index contributed by atoms with van der Waals surface area (Å²) in [6.45, 7) is 2.32. The lowest BCUT2D eigenvalue weighted by molar-refractivity contribution is 0.0721. The van der Waals surface area contributed by atoms with Gasteiger partial charge >= 0.3 is 0 Å². The number of carbonyl (C=O) groups excluding carboxylic acids is 2. The molecule has 0 fully saturated rings. The van der Waals surface area contributed by atoms with Crippen LogP contribution >= 0.6 is 0 Å². The maximum atomic E-state index is 13.3. The number of methoxy groups -OCH3 is 1. The largest absolute Gasteiger partial charge is 0.481 e. The molecule has 3 rings (SSSR count). The Hall–Kier alpha value is -3.61. The third kappa shape index (κ3) is 5.55. The van der Waals surface area contributed by atoms with Crippen LogP contribution in [0, 0.1) is 6.92 Å². The summed E-state index contributed by atoms with van der Waals surface area (Å²) in [5, 5.41) is 2.98. The fourth-order valence-electron chi connectivity index (χ4n) is 3.66. The van der Waals surface area contributed by atoms with E-state index in [-0.39, 0.29) is 19.3 Å². The Balaban J connectivity index is 0.00000385. The number of carbonyl (C=O) groups is 2. The first-order valence-corrected chi connectivity index (χ1v) is 10.6. The topological polar surface area (TPSA) is 76.5 Å². The minimum atomic E-state index is -0.125. The smallest absolute Gasteiger partial charge is 0.267 e. The molecule has 0 saturated carbocycles. The monoisotopic (exact) mass is 436 g/mol. The maximum Gasteiger partial charge on any atom is 0.267 e. The molecule has 0 unspecified atom stereocenters. The number of aromatic nitrogens is 2. The lowest BCUT2D eigenvalue weighted by atomic mass is 10.0. The van der Waals surface area contributed by atoms with Crippen LogP contribution in [-0.4, -0.2) is 53.0 Å². The van der Waals surface area contributed by atoms with Crippen LogP contribution in [0.25, 0.3) is 0 Å². The number of likely N-dealkylation sites (N-methyl/N-ethyl adjacent to an activating group) is 1. The van der Waals surface area contributed by atoms with Gasteiger partial charge in [0.1, 0.15) is 5.69 Å². The van der Waals surface area contributed by atoms with E-state index in [2.05, 4.69) is 22.4 Å². The Bertz CT molecular complexity index is 1070. The third-order valence-corrected chi connectivity index (χ3v) is 5.64. The quantitative estimate of drug-likeness (QED) is 0.557. The fourth-order valence-corrected chi connectivity index (χ4v) is 3.66. The number of hydrogen-bond acceptors (Lipinski definition) is 4. The molecule has 2 aromatic heterocycles. The first kappa shape index (κ1) is 23.1. The summed E-state index contributed by atoms with van der Waals surface area (Å²) in [7, 11) is 5.18. The lowest BCUT2D eigenvalue weighted by Gasteiger charge is -2.29. The summed E-state index contributed by atoms with van der Waals surface area (Å²) in [5.41, 5.74) is 3.09. The van der Waals surface area contributed by atoms with Gasteiger partial charge in [-0.3, -0.25) is 9.59 Å². The molecule has 1 aromatic carbocycles. The van der Waals surface area contributed by atoms with E-state index < -0.39 is 0 Å². The predicted octanol–water partition coefficient (Wildman–Crippen LogP) is 3.49. The van der Waals surface area contributed by atoms with E-state index in [1.165, 1.54) is 7.11 Å². The second-order valence-electron chi connectivity index (χ2n) is 7.85. The molecule has 0 aliphatic heterocycles. The molecule has 0 radical (unpaired) electrons. The zero-order chi connectivity index (χ0) is 23.1. The molecule has 0 aliphatic carbocycles. The fraction of sp³-hybridized carbons (Fsp3) is 0.320. The molecule has 0 spiro atoms. The van der Waals surface area contributed by atoms with E-state index in [1.54, 1.807) is 34.8 Å². The van der Waals surface area contributed by atoms with Gasteiger partial charge < -0.3 is 19.5 Å². The van der Waals surface area contributed by atoms with E-state index in [1.807, 2.05) is 44.4 Å². The number of nitrogens with one attached hydrogen (secondary N) is 1. The van der Waals surface area contributed by atoms with Gasteiger partial charge in [-0.2, -0.15) is 0 Å². The van der Waals surface area contributed by atoms with Crippen molar-refractivity contribution in [1.82, 2.24) is 19.8 Å². The van der Waals surface area contributed by atoms with Gasteiger partial charge in [0, 0.05) is 52.1 Å². The highest BCUT2D eigenvalue weighted by Crippen LogP contribution is 2.19. The van der Waals surface area contributed by atoms with Gasteiger partial charge in [0.2, 0.25) is 5.88 Å². The summed E-state index contributed by atoms with van der Waals surface area (Å²) in [6.07, 6.45) is 4.79. The maximum absolute atomic E-state index is 13.3. The zero-order valence-corrected chi connectivity index (χ0v) is 19.0. The molecule has 170 valence electrons. The van der Waals surface area contributed by atoms with Gasteiger partial charge in [-0.1, -0.05) is 30.3 Å². The van der Waals surface area contributed by atoms with Crippen molar-refractivity contribution >= 4 is 11.8 Å². The van der Waals surface area contributed by atoms with Gasteiger partial charge in [-0.05, 0) is 43.0 Å². The number of nitrogens with zero attached hydrogens (tertiary/aromatic N) is 3. The molecule has 3 aromatic rings. The minimum Gasteiger partial charge on any atom is -0.481 e. The van der Waals surface area contributed by atoms with E-state index in [9.17, 15) is 9.59 Å². The van der Waals surface area contributed by atoms with Crippen LogP contribution in [0.4, 0.5) is 0 Å². The summed E-state index contributed by atoms with van der Waals surface area (Å²) >= 11 is 0. The summed E-state index contributed by atoms with van der Waals surface area (Å²) < 4.78 is 6.98. The second kappa shape index (κ2) is 10.6. The number of aryl methyl sites for hydroxylation is 2. The van der Waals surface area contributed by atoms with E-state index in [0.29, 0.717) is 36.5 Å². The van der Waals surface area contributed by atoms with Crippen molar-refractivity contribution in [3.63, 3.8) is 0 Å². The van der Waals surface area contributed by atoms with Crippen molar-refractivity contribution in [2.24, 2.45) is 7.05 Å². The number of amides is 2. The highest BCUT2D eigenvalue weighted by molar-refractivity contribution is 5.96. The molecule has 7 heteroatoms. The van der Waals surface area contributed by atoms with Crippen LogP contribution in [-0.2, 0) is 13.5 Å². The molecule has 7 nitrogen and oxygen atoms in total. The van der Waals surface area contributed by atoms with Crippen molar-refractivity contribution in [3.8, 4) is 5.88 Å². The van der Waals surface area contributed by atoms with Crippen molar-refractivity contribution in [1.29, 1.82) is 0 Å². The molecule has 1 N–H and O–H groups in total. The Morgan fingerprint density at radius 1 is 1.22 bits per heavy atom. The van der Waals surface area contributed by atoms with Crippen LogP contribution in [0.2, 0.25) is 0 Å². The Morgan fingerprint density at radius 3 is 2.62 bits per heavy atom. The van der Waals surface area contributed by atoms with Gasteiger partial charge in [0.15, 0.2) is 0 Å². The minimum absolute atomic E-state index is 0. The number of benzene rings is 1. The van der Waals surface area contributed by atoms with Crippen LogP contribution < -0.4 is 10.1 Å². The number of ether oxygens (including phenoxy) is 1. The Kier molecular flexibility index (Phi) is 7.65. The summed E-state index contributed by atoms with van der Waals surface area (Å²) in [6, 6.07) is 15.2. The summed E-state index contributed by atoms with van der Waals surface area (Å²) in [4.78, 5) is 31.7. The van der Waals surface area contributed by atoms with E-state index in [4.69, 9.17) is 4.74 Å². The zero-order valence-electron chi connectivity index (χ0n) is 19.0. The number of pyridine rings is 1. The van der Waals surface area contributed by atoms with Crippen LogP contribution in [0.5, 0.6) is 5.88 Å². The summed E-state index contributed by atoms with van der Waals surface area (Å²) in [5.74, 6) is 0.180. The van der Waals surface area contributed by atoms with Gasteiger partial charge in [-0.15, -0.1) is 0 Å². The highest BCUT2D eigenvalue weighted by Gasteiger charge is 2.24. The molecule has 0 aliphatic rings. The first-order valence-electron chi connectivity index (χ1n) is 10.6. The number of rotatable bonds is 9. The van der Waals surface area contributed by atoms with E-state index in [0.717, 1.165) is 11.1 Å². The molecule has 32 heavy (non-hydrogen) atoms. The average Bonchev–Trinajstić information content (AvgIpc) is 3.24. The van der Waals surface area contributed by atoms with Crippen LogP contribution in [0.1, 0.15) is 39.8 Å². The van der Waals surface area contributed by atoms with Gasteiger partial charge in [-0.25, -0.2) is 4.98 Å². The molecule has 2 heterocycles. The van der Waals surface area contributed by atoms with Crippen molar-refractivity contribution < 1.29 is 15.8 Å². The molecular weight excluding hydrogens is 404 g/mol. The SMILES string of the molecule is COc1cc(C(=O)N(C)[C@H](CCNC(=O)c2cccn2C)Cc2ccccc2)c(C)cn1.[HH]. The van der Waals surface area contributed by atoms with Gasteiger partial charge in [0.25, 0.3) is 11.8 Å². The Morgan fingerprint density at radius 2 is 1.97 bits per heavy atom. The molecular formula is C25H32N4O3. The molecule has 0 saturated heterocycles. The van der Waals surface area contributed by atoms with Crippen molar-refractivity contribution in [2.45, 2.75) is 25.8 Å². The van der Waals surface area contributed by atoms with Crippen LogP contribution in [0.3, 0.4) is 0 Å². The first-order chi connectivity index (χ1) is 15.4. The average molecular weight is 437 g/mol. The molecule has 1 atom stereocenters. The highest BCUT2D eigenvalue weighted by atomic mass is 16.5. The third-order valence-electron chi connectivity index (χ3n) is 5.64. The van der Waals surface area contributed by atoms with E-state index >= 15 is 0 Å². The second-order valence-corrected chi connectivity index (χ2v) is 7.85. The Labute approximate surface area is 190 Å². The normalized spacial score (nSPS) is 11.6. The van der Waals surface area contributed by atoms with Crippen molar-refractivity contribution in [2.75, 3.05) is 20.7 Å². The molecule has 2 amide bonds. The standard InChI is InChI=1S/C25H30N4O3.H2/c1-18-17-27-23(32-4)16-21(18)25(31)29(3)20(15-19-9-6-5-7-10-19)12-13-26-24(30)22-11-8-14-28(22)2;/h5-11,14,16-17,20H,12-13,15H2,1-4H3,(H,26,30);1H/t20-;/m1./s1. The number of hydrogen-bond donors (Lipinski definition) is 1. The predicted molar refractivity (Wildman–Crippen MR) is 126 cm³/mol. The van der Waals surface area contributed by atoms with Crippen molar-refractivity contribution in [3.05, 3.63) is 83.3 Å². The lowest BCUT2D eigenvalue weighted by Crippen LogP contribution is -2.41. The molecule has 0 bridgehead atoms.